The normalized spacial score (nSPS) is 14.7. The summed E-state index contributed by atoms with van der Waals surface area (Å²) in [5, 5.41) is 14.4. The number of nitrogens with zero attached hydrogens (tertiary/aromatic N) is 5. The van der Waals surface area contributed by atoms with Crippen LogP contribution in [0, 0.1) is 25.2 Å². The van der Waals surface area contributed by atoms with Crippen molar-refractivity contribution < 1.29 is 4.74 Å². The molecule has 25 heavy (non-hydrogen) atoms. The quantitative estimate of drug-likeness (QED) is 0.721. The maximum atomic E-state index is 9.72. The fraction of sp³-hybridized carbons (Fsp3) is 0.316. The second-order valence-electron chi connectivity index (χ2n) is 6.29. The van der Waals surface area contributed by atoms with E-state index in [0.717, 1.165) is 30.0 Å². The van der Waals surface area contributed by atoms with Crippen LogP contribution in [0.3, 0.4) is 0 Å². The van der Waals surface area contributed by atoms with Gasteiger partial charge in [0.25, 0.3) is 0 Å². The Morgan fingerprint density at radius 3 is 2.52 bits per heavy atom. The lowest BCUT2D eigenvalue weighted by Crippen LogP contribution is -2.36. The summed E-state index contributed by atoms with van der Waals surface area (Å²) in [6.45, 7) is 6.83. The average Bonchev–Trinajstić information content (AvgIpc) is 3.02. The highest BCUT2D eigenvalue weighted by Gasteiger charge is 2.22. The van der Waals surface area contributed by atoms with Crippen LogP contribution in [0.2, 0.25) is 0 Å². The lowest BCUT2D eigenvalue weighted by Gasteiger charge is -2.26. The molecule has 0 unspecified atom stereocenters. The zero-order valence-corrected chi connectivity index (χ0v) is 14.4. The maximum absolute atomic E-state index is 9.72. The predicted molar refractivity (Wildman–Crippen MR) is 95.6 cm³/mol. The summed E-state index contributed by atoms with van der Waals surface area (Å²) in [6, 6.07) is 12.6. The minimum Gasteiger partial charge on any atom is -0.378 e. The molecule has 0 spiro atoms. The van der Waals surface area contributed by atoms with Crippen LogP contribution in [0.25, 0.3) is 16.9 Å². The van der Waals surface area contributed by atoms with Gasteiger partial charge in [-0.2, -0.15) is 5.26 Å². The fourth-order valence-corrected chi connectivity index (χ4v) is 3.12. The number of aryl methyl sites for hydroxylation is 2. The molecule has 1 fully saturated rings. The topological polar surface area (TPSA) is 66.5 Å². The first kappa shape index (κ1) is 15.6. The van der Waals surface area contributed by atoms with Gasteiger partial charge in [-0.3, -0.25) is 0 Å². The summed E-state index contributed by atoms with van der Waals surface area (Å²) in [5.74, 6) is 0.697. The van der Waals surface area contributed by atoms with E-state index in [9.17, 15) is 5.26 Å². The summed E-state index contributed by atoms with van der Waals surface area (Å²) in [4.78, 5) is 6.84. The predicted octanol–water partition coefficient (Wildman–Crippen LogP) is 2.72. The van der Waals surface area contributed by atoms with Crippen LogP contribution in [0.5, 0.6) is 0 Å². The molecular weight excluding hydrogens is 314 g/mol. The molecule has 6 nitrogen and oxygen atoms in total. The molecule has 0 N–H and O–H groups in total. The van der Waals surface area contributed by atoms with E-state index < -0.39 is 0 Å². The minimum atomic E-state index is 0.527. The number of fused-ring (bicyclic) bond motifs is 1. The first-order valence-corrected chi connectivity index (χ1v) is 8.37. The van der Waals surface area contributed by atoms with Crippen LogP contribution >= 0.6 is 0 Å². The molecule has 0 aliphatic carbocycles. The summed E-state index contributed by atoms with van der Waals surface area (Å²) in [5.41, 5.74) is 5.19. The lowest BCUT2D eigenvalue weighted by atomic mass is 10.1. The molecule has 0 atom stereocenters. The highest BCUT2D eigenvalue weighted by atomic mass is 16.5. The van der Waals surface area contributed by atoms with Gasteiger partial charge in [-0.05, 0) is 19.9 Å². The molecule has 0 bridgehead atoms. The molecular formula is C19H19N5O. The third kappa shape index (κ3) is 2.73. The smallest absolute Gasteiger partial charge is 0.176 e. The lowest BCUT2D eigenvalue weighted by molar-refractivity contribution is 0.122. The van der Waals surface area contributed by atoms with Crippen molar-refractivity contribution in [3.05, 3.63) is 47.2 Å². The molecule has 126 valence electrons. The molecule has 3 aromatic rings. The van der Waals surface area contributed by atoms with Crippen molar-refractivity contribution in [2.75, 3.05) is 31.2 Å². The molecule has 4 rings (SSSR count). The van der Waals surface area contributed by atoms with E-state index in [4.69, 9.17) is 9.72 Å². The number of ether oxygens (including phenoxy) is 1. The number of rotatable bonds is 2. The number of anilines is 1. The molecule has 1 aliphatic rings. The summed E-state index contributed by atoms with van der Waals surface area (Å²) in [6.07, 6.45) is 0. The van der Waals surface area contributed by atoms with Crippen molar-refractivity contribution in [1.82, 2.24) is 14.6 Å². The molecule has 1 aliphatic heterocycles. The Balaban J connectivity index is 1.87. The molecule has 0 radical (unpaired) electrons. The van der Waals surface area contributed by atoms with Gasteiger partial charge in [0.1, 0.15) is 11.6 Å². The zero-order valence-electron chi connectivity index (χ0n) is 14.4. The highest BCUT2D eigenvalue weighted by molar-refractivity contribution is 5.72. The summed E-state index contributed by atoms with van der Waals surface area (Å²) >= 11 is 0. The van der Waals surface area contributed by atoms with E-state index in [1.807, 2.05) is 13.0 Å². The van der Waals surface area contributed by atoms with Gasteiger partial charge in [0.2, 0.25) is 0 Å². The Kier molecular flexibility index (Phi) is 3.86. The first-order valence-electron chi connectivity index (χ1n) is 8.37. The Bertz CT molecular complexity index is 962. The van der Waals surface area contributed by atoms with E-state index in [1.165, 1.54) is 5.56 Å². The van der Waals surface area contributed by atoms with Crippen molar-refractivity contribution in [3.63, 3.8) is 0 Å². The van der Waals surface area contributed by atoms with Gasteiger partial charge in [0, 0.05) is 24.3 Å². The van der Waals surface area contributed by atoms with E-state index in [2.05, 4.69) is 47.3 Å². The van der Waals surface area contributed by atoms with Gasteiger partial charge in [0.15, 0.2) is 11.5 Å². The van der Waals surface area contributed by atoms with Crippen molar-refractivity contribution in [2.45, 2.75) is 13.8 Å². The summed E-state index contributed by atoms with van der Waals surface area (Å²) < 4.78 is 7.17. The van der Waals surface area contributed by atoms with Crippen LogP contribution < -0.4 is 4.90 Å². The van der Waals surface area contributed by atoms with Crippen molar-refractivity contribution in [1.29, 1.82) is 5.26 Å². The van der Waals surface area contributed by atoms with Crippen molar-refractivity contribution in [2.24, 2.45) is 0 Å². The average molecular weight is 333 g/mol. The third-order valence-electron chi connectivity index (χ3n) is 4.52. The van der Waals surface area contributed by atoms with Gasteiger partial charge >= 0.3 is 0 Å². The van der Waals surface area contributed by atoms with Crippen LogP contribution in [-0.2, 0) is 4.74 Å². The second-order valence-corrected chi connectivity index (χ2v) is 6.29. The van der Waals surface area contributed by atoms with E-state index >= 15 is 0 Å². The van der Waals surface area contributed by atoms with Gasteiger partial charge in [-0.1, -0.05) is 29.8 Å². The highest BCUT2D eigenvalue weighted by Crippen LogP contribution is 2.27. The fourth-order valence-electron chi connectivity index (χ4n) is 3.12. The number of hydrogen-bond donors (Lipinski definition) is 0. The Morgan fingerprint density at radius 1 is 1.12 bits per heavy atom. The SMILES string of the molecule is Cc1ccc(-c2cc(C)n3nc(N4CCOCC4)c(C#N)c3n2)cc1. The van der Waals surface area contributed by atoms with Crippen molar-refractivity contribution >= 4 is 11.5 Å². The van der Waals surface area contributed by atoms with Gasteiger partial charge < -0.3 is 9.64 Å². The van der Waals surface area contributed by atoms with E-state index in [-0.39, 0.29) is 0 Å². The molecule has 0 saturated carbocycles. The number of benzene rings is 1. The standard InChI is InChI=1S/C19H19N5O/c1-13-3-5-15(6-4-13)17-11-14(2)24-18(21-17)16(12-20)19(22-24)23-7-9-25-10-8-23/h3-6,11H,7-10H2,1-2H3. The maximum Gasteiger partial charge on any atom is 0.176 e. The monoisotopic (exact) mass is 333 g/mol. The third-order valence-corrected chi connectivity index (χ3v) is 4.52. The number of hydrogen-bond acceptors (Lipinski definition) is 5. The molecule has 1 aromatic carbocycles. The van der Waals surface area contributed by atoms with Gasteiger partial charge in [-0.25, -0.2) is 9.50 Å². The summed E-state index contributed by atoms with van der Waals surface area (Å²) in [7, 11) is 0. The molecule has 1 saturated heterocycles. The van der Waals surface area contributed by atoms with Crippen LogP contribution in [0.4, 0.5) is 5.82 Å². The number of aromatic nitrogens is 3. The molecule has 2 aromatic heterocycles. The zero-order chi connectivity index (χ0) is 17.4. The Morgan fingerprint density at radius 2 is 1.84 bits per heavy atom. The van der Waals surface area contributed by atoms with Gasteiger partial charge in [0.05, 0.1) is 18.9 Å². The second kappa shape index (κ2) is 6.19. The van der Waals surface area contributed by atoms with E-state index in [1.54, 1.807) is 4.52 Å². The van der Waals surface area contributed by atoms with Crippen LogP contribution in [0.1, 0.15) is 16.8 Å². The van der Waals surface area contributed by atoms with E-state index in [0.29, 0.717) is 30.2 Å². The largest absolute Gasteiger partial charge is 0.378 e. The Labute approximate surface area is 146 Å². The number of nitriles is 1. The molecule has 6 heteroatoms. The molecule has 0 amide bonds. The van der Waals surface area contributed by atoms with Gasteiger partial charge in [-0.15, -0.1) is 5.10 Å². The minimum absolute atomic E-state index is 0.527. The van der Waals surface area contributed by atoms with Crippen LogP contribution in [0.15, 0.2) is 30.3 Å². The number of morpholine rings is 1. The van der Waals surface area contributed by atoms with Crippen LogP contribution in [-0.4, -0.2) is 40.9 Å². The Hall–Kier alpha value is -2.91. The first-order chi connectivity index (χ1) is 12.2. The van der Waals surface area contributed by atoms with Crippen molar-refractivity contribution in [3.8, 4) is 17.3 Å². The molecule has 3 heterocycles.